The Morgan fingerprint density at radius 1 is 0.305 bits per heavy atom. The third-order valence-electron chi connectivity index (χ3n) is 12.8. The normalized spacial score (nSPS) is 13.1. The largest absolute Gasteiger partial charge is 0.231 e. The summed E-state index contributed by atoms with van der Waals surface area (Å²) >= 11 is 0. The molecule has 1 aromatic heterocycles. The molecule has 1 heterocycles. The van der Waals surface area contributed by atoms with E-state index < -0.39 is 0 Å². The molecule has 0 spiro atoms. The Hall–Kier alpha value is -7.42. The van der Waals surface area contributed by atoms with Gasteiger partial charge in [-0.05, 0) is 105 Å². The van der Waals surface area contributed by atoms with Crippen LogP contribution in [0.3, 0.4) is 0 Å². The van der Waals surface area contributed by atoms with E-state index in [1.54, 1.807) is 0 Å². The van der Waals surface area contributed by atoms with Gasteiger partial charge >= 0.3 is 0 Å². The molecule has 0 saturated carbocycles. The maximum absolute atomic E-state index is 5.55. The van der Waals surface area contributed by atoms with Crippen LogP contribution >= 0.6 is 0 Å². The molecular formula is C57H38N2. The van der Waals surface area contributed by atoms with Gasteiger partial charge in [0.2, 0.25) is 0 Å². The van der Waals surface area contributed by atoms with Gasteiger partial charge in [-0.25, -0.2) is 9.97 Å². The second-order valence-corrected chi connectivity index (χ2v) is 16.5. The zero-order valence-corrected chi connectivity index (χ0v) is 32.9. The van der Waals surface area contributed by atoms with Crippen molar-refractivity contribution in [2.75, 3.05) is 0 Å². The lowest BCUT2D eigenvalue weighted by Gasteiger charge is -2.23. The molecule has 2 heteroatoms. The molecule has 0 saturated heterocycles. The van der Waals surface area contributed by atoms with Gasteiger partial charge in [-0.1, -0.05) is 190 Å². The molecule has 1 aliphatic rings. The number of aromatic nitrogens is 2. The van der Waals surface area contributed by atoms with Gasteiger partial charge in [0.1, 0.15) is 0 Å². The molecule has 0 atom stereocenters. The molecule has 10 aromatic carbocycles. The number of fused-ring (bicyclic) bond motifs is 14. The molecule has 0 aliphatic heterocycles. The van der Waals surface area contributed by atoms with Crippen LogP contribution in [0.4, 0.5) is 0 Å². The summed E-state index contributed by atoms with van der Waals surface area (Å²) in [7, 11) is 0. The molecule has 0 unspecified atom stereocenters. The molecule has 12 rings (SSSR count). The van der Waals surface area contributed by atoms with Gasteiger partial charge in [0, 0.05) is 22.1 Å². The van der Waals surface area contributed by atoms with E-state index in [9.17, 15) is 0 Å². The first-order valence-electron chi connectivity index (χ1n) is 20.5. The molecule has 0 radical (unpaired) electrons. The number of hydrogen-bond donors (Lipinski definition) is 0. The Morgan fingerprint density at radius 3 is 1.34 bits per heavy atom. The van der Waals surface area contributed by atoms with E-state index in [0.717, 1.165) is 45.0 Å². The van der Waals surface area contributed by atoms with Crippen molar-refractivity contribution >= 4 is 53.9 Å². The van der Waals surface area contributed by atoms with Crippen molar-refractivity contribution in [1.29, 1.82) is 0 Å². The van der Waals surface area contributed by atoms with Crippen molar-refractivity contribution in [2.24, 2.45) is 0 Å². The van der Waals surface area contributed by atoms with E-state index in [-0.39, 0.29) is 5.41 Å². The van der Waals surface area contributed by atoms with Crippen LogP contribution in [0.2, 0.25) is 0 Å². The van der Waals surface area contributed by atoms with Gasteiger partial charge in [0.15, 0.2) is 5.82 Å². The van der Waals surface area contributed by atoms with Crippen LogP contribution in [-0.4, -0.2) is 9.97 Å². The van der Waals surface area contributed by atoms with Crippen LogP contribution in [0.1, 0.15) is 25.1 Å². The van der Waals surface area contributed by atoms with Crippen LogP contribution < -0.4 is 0 Å². The third kappa shape index (κ3) is 5.06. The minimum Gasteiger partial charge on any atom is -0.231 e. The highest BCUT2D eigenvalue weighted by atomic mass is 14.9. The van der Waals surface area contributed by atoms with E-state index in [2.05, 4.69) is 208 Å². The third-order valence-corrected chi connectivity index (χ3v) is 12.8. The quantitative estimate of drug-likeness (QED) is 0.167. The van der Waals surface area contributed by atoms with Crippen LogP contribution in [-0.2, 0) is 5.41 Å². The summed E-state index contributed by atoms with van der Waals surface area (Å²) in [5.74, 6) is 0.740. The topological polar surface area (TPSA) is 25.8 Å². The molecule has 276 valence electrons. The lowest BCUT2D eigenvalue weighted by atomic mass is 9.81. The van der Waals surface area contributed by atoms with Gasteiger partial charge in [-0.15, -0.1) is 0 Å². The predicted molar refractivity (Wildman–Crippen MR) is 249 cm³/mol. The summed E-state index contributed by atoms with van der Waals surface area (Å²) < 4.78 is 0. The summed E-state index contributed by atoms with van der Waals surface area (Å²) in [6.45, 7) is 4.68. The zero-order valence-electron chi connectivity index (χ0n) is 32.9. The Bertz CT molecular complexity index is 3490. The highest BCUT2D eigenvalue weighted by Crippen LogP contribution is 2.56. The minimum atomic E-state index is -0.362. The first-order valence-corrected chi connectivity index (χ1v) is 20.5. The van der Waals surface area contributed by atoms with Crippen molar-refractivity contribution in [3.05, 3.63) is 205 Å². The van der Waals surface area contributed by atoms with Gasteiger partial charge in [-0.2, -0.15) is 0 Å². The fourth-order valence-electron chi connectivity index (χ4n) is 10.1. The summed E-state index contributed by atoms with van der Waals surface area (Å²) in [4.78, 5) is 11.1. The van der Waals surface area contributed by atoms with E-state index in [0.29, 0.717) is 0 Å². The summed E-state index contributed by atoms with van der Waals surface area (Å²) in [6.07, 6.45) is 0. The van der Waals surface area contributed by atoms with E-state index in [4.69, 9.17) is 9.97 Å². The van der Waals surface area contributed by atoms with Crippen molar-refractivity contribution in [2.45, 2.75) is 19.3 Å². The monoisotopic (exact) mass is 750 g/mol. The smallest absolute Gasteiger partial charge is 0.160 e. The van der Waals surface area contributed by atoms with E-state index >= 15 is 0 Å². The fourth-order valence-corrected chi connectivity index (χ4v) is 10.1. The van der Waals surface area contributed by atoms with Gasteiger partial charge in [0.05, 0.1) is 11.4 Å². The average Bonchev–Trinajstić information content (AvgIpc) is 3.55. The minimum absolute atomic E-state index is 0.362. The van der Waals surface area contributed by atoms with Crippen molar-refractivity contribution in [3.63, 3.8) is 0 Å². The summed E-state index contributed by atoms with van der Waals surface area (Å²) in [5.41, 5.74) is 12.2. The molecule has 0 fully saturated rings. The summed E-state index contributed by atoms with van der Waals surface area (Å²) in [5, 5.41) is 12.8. The molecule has 0 N–H and O–H groups in total. The molecule has 2 nitrogen and oxygen atoms in total. The summed E-state index contributed by atoms with van der Waals surface area (Å²) in [6, 6.07) is 70.5. The fraction of sp³-hybridized carbons (Fsp3) is 0.0526. The Balaban J connectivity index is 1.01. The average molecular weight is 751 g/mol. The maximum Gasteiger partial charge on any atom is 0.160 e. The zero-order chi connectivity index (χ0) is 39.2. The highest BCUT2D eigenvalue weighted by molar-refractivity contribution is 6.26. The molecule has 0 amide bonds. The molecule has 1 aliphatic carbocycles. The Morgan fingerprint density at radius 2 is 0.729 bits per heavy atom. The molecule has 11 aromatic rings. The van der Waals surface area contributed by atoms with Crippen molar-refractivity contribution in [1.82, 2.24) is 9.97 Å². The van der Waals surface area contributed by atoms with Crippen molar-refractivity contribution < 1.29 is 0 Å². The Labute approximate surface area is 343 Å². The van der Waals surface area contributed by atoms with Crippen LogP contribution in [0.15, 0.2) is 194 Å². The Kier molecular flexibility index (Phi) is 7.31. The second-order valence-electron chi connectivity index (χ2n) is 16.5. The first kappa shape index (κ1) is 33.7. The predicted octanol–water partition coefficient (Wildman–Crippen LogP) is 15.2. The van der Waals surface area contributed by atoms with Crippen LogP contribution in [0.5, 0.6) is 0 Å². The maximum atomic E-state index is 5.55. The van der Waals surface area contributed by atoms with Gasteiger partial charge in [-0.3, -0.25) is 0 Å². The second kappa shape index (κ2) is 12.8. The van der Waals surface area contributed by atoms with E-state index in [1.165, 1.54) is 76.1 Å². The van der Waals surface area contributed by atoms with Gasteiger partial charge < -0.3 is 0 Å². The molecule has 0 bridgehead atoms. The molecular weight excluding hydrogens is 713 g/mol. The van der Waals surface area contributed by atoms with Gasteiger partial charge in [0.25, 0.3) is 0 Å². The lowest BCUT2D eigenvalue weighted by Crippen LogP contribution is -2.18. The van der Waals surface area contributed by atoms with Crippen LogP contribution in [0.25, 0.3) is 110 Å². The van der Waals surface area contributed by atoms with Crippen LogP contribution in [0, 0.1) is 0 Å². The SMILES string of the molecule is CC1(C)c2nc(-c3cccc(-c4cccc(-c5ccc6c7ccccc7c7ccccc7c6c5)c4)c3)nc(-c3ccccc3)c2-c2c1c1ccccc1c1ccccc21. The number of hydrogen-bond acceptors (Lipinski definition) is 2. The van der Waals surface area contributed by atoms with Crippen molar-refractivity contribution in [3.8, 4) is 56.0 Å². The number of rotatable bonds is 4. The lowest BCUT2D eigenvalue weighted by molar-refractivity contribution is 0.641. The standard InChI is InChI=1S/C57H38N2/c1-57(2)53-49-29-13-11-26-45(49)44-25-10-12-28-48(44)51(53)52-54(35-16-4-3-5-17-35)58-56(59-55(52)57)40-21-15-20-38(33-40)36-18-14-19-37(32-36)39-30-31-47-43-24-7-6-22-41(43)42-23-8-9-27-46(42)50(47)34-39/h3-34H,1-2H3. The first-order chi connectivity index (χ1) is 29.0. The number of benzene rings is 10. The van der Waals surface area contributed by atoms with E-state index in [1.807, 2.05) is 0 Å². The molecule has 59 heavy (non-hydrogen) atoms. The highest BCUT2D eigenvalue weighted by Gasteiger charge is 2.42. The number of nitrogens with zero attached hydrogens (tertiary/aromatic N) is 2.